The van der Waals surface area contributed by atoms with Gasteiger partial charge in [-0.2, -0.15) is 0 Å². The molecule has 0 saturated heterocycles. The molecule has 0 saturated carbocycles. The SMILES string of the molecule is C/C=C/C[C@@H](C)[C@@H](O)[C@@H](C(=O)N[C@@H](CC)C(=O)N(C)CC(=O)N(C)CC(N)=O)N(C)C(=O)[C@H](C(C)C)N(C)C(=O)[C@H](CC(C)C)N(C)C(=O)[C@H](CC(C)C)N(C)C(=O)[C@@H](C)NC(=O)CNC(=O)CN(C)C(=O)C(C)CCCCNC(=O)CCCSSc1ccccn1. The van der Waals surface area contributed by atoms with E-state index >= 15 is 9.59 Å². The summed E-state index contributed by atoms with van der Waals surface area (Å²) in [5, 5.41) is 23.5. The van der Waals surface area contributed by atoms with E-state index in [1.54, 1.807) is 81.5 Å². The number of nitrogens with one attached hydrogen (secondary N) is 4. The maximum atomic E-state index is 15.0. The maximum absolute atomic E-state index is 15.0. The number of allylic oxidation sites excluding steroid dienone is 2. The highest BCUT2D eigenvalue weighted by atomic mass is 33.1. The minimum Gasteiger partial charge on any atom is -0.390 e. The average molecular weight is 1330 g/mol. The fourth-order valence-electron chi connectivity index (χ4n) is 10.2. The first-order valence-corrected chi connectivity index (χ1v) is 34.1. The second kappa shape index (κ2) is 42.4. The Balaban J connectivity index is 3.18. The monoisotopic (exact) mass is 1330 g/mol. The van der Waals surface area contributed by atoms with Crippen molar-refractivity contribution in [1.29, 1.82) is 0 Å². The van der Waals surface area contributed by atoms with Crippen LogP contribution in [0.1, 0.15) is 134 Å². The molecule has 520 valence electrons. The van der Waals surface area contributed by atoms with Crippen LogP contribution in [-0.2, 0) is 57.5 Å². The lowest BCUT2D eigenvalue weighted by Gasteiger charge is -2.41. The summed E-state index contributed by atoms with van der Waals surface area (Å²) in [6, 6.07) is -1.85. The Kier molecular flexibility index (Phi) is 38.4. The lowest BCUT2D eigenvalue weighted by atomic mass is 9.91. The van der Waals surface area contributed by atoms with Gasteiger partial charge >= 0.3 is 0 Å². The quantitative estimate of drug-likeness (QED) is 0.0311. The van der Waals surface area contributed by atoms with Crippen LogP contribution in [0.2, 0.25) is 0 Å². The van der Waals surface area contributed by atoms with Crippen molar-refractivity contribution in [3.63, 3.8) is 0 Å². The van der Waals surface area contributed by atoms with Crippen LogP contribution in [0.4, 0.5) is 0 Å². The van der Waals surface area contributed by atoms with Gasteiger partial charge < -0.3 is 66.4 Å². The highest BCUT2D eigenvalue weighted by Gasteiger charge is 2.45. The largest absolute Gasteiger partial charge is 0.390 e. The minimum atomic E-state index is -1.60. The normalized spacial score (nSPS) is 14.3. The lowest BCUT2D eigenvalue weighted by molar-refractivity contribution is -0.157. The molecule has 1 aromatic heterocycles. The van der Waals surface area contributed by atoms with Crippen LogP contribution in [0.15, 0.2) is 41.6 Å². The van der Waals surface area contributed by atoms with E-state index in [-0.39, 0.29) is 56.0 Å². The fraction of sp³-hybridized carbons (Fsp3) is 0.703. The van der Waals surface area contributed by atoms with Gasteiger partial charge in [-0.25, -0.2) is 4.98 Å². The Morgan fingerprint density at radius 3 is 1.75 bits per heavy atom. The Morgan fingerprint density at radius 1 is 0.630 bits per heavy atom. The van der Waals surface area contributed by atoms with Crippen LogP contribution in [0.5, 0.6) is 0 Å². The number of hydrogen-bond acceptors (Lipinski definition) is 16. The summed E-state index contributed by atoms with van der Waals surface area (Å²) < 4.78 is 0. The van der Waals surface area contributed by atoms with Crippen LogP contribution in [0.3, 0.4) is 0 Å². The van der Waals surface area contributed by atoms with Crippen molar-refractivity contribution in [3.05, 3.63) is 36.5 Å². The van der Waals surface area contributed by atoms with Crippen molar-refractivity contribution in [1.82, 2.24) is 60.6 Å². The summed E-state index contributed by atoms with van der Waals surface area (Å²) in [6.07, 6.45) is 7.50. The van der Waals surface area contributed by atoms with Crippen molar-refractivity contribution >= 4 is 92.5 Å². The van der Waals surface area contributed by atoms with Gasteiger partial charge in [0.1, 0.15) is 41.3 Å². The number of aromatic nitrogens is 1. The zero-order valence-electron chi connectivity index (χ0n) is 57.8. The third-order valence-electron chi connectivity index (χ3n) is 15.7. The molecular formula is C64H109N13O13S2. The van der Waals surface area contributed by atoms with Gasteiger partial charge in [-0.05, 0) is 105 Å². The summed E-state index contributed by atoms with van der Waals surface area (Å²) in [7, 11) is 13.0. The van der Waals surface area contributed by atoms with Crippen LogP contribution in [0.25, 0.3) is 0 Å². The minimum absolute atomic E-state index is 0.0276. The van der Waals surface area contributed by atoms with E-state index in [9.17, 15) is 53.1 Å². The van der Waals surface area contributed by atoms with Crippen molar-refractivity contribution in [2.24, 2.45) is 35.3 Å². The van der Waals surface area contributed by atoms with Crippen LogP contribution in [0, 0.1) is 29.6 Å². The van der Waals surface area contributed by atoms with Crippen LogP contribution >= 0.6 is 21.6 Å². The number of aliphatic hydroxyl groups excluding tert-OH is 1. The average Bonchev–Trinajstić information content (AvgIpc) is 0.831. The number of aliphatic hydroxyl groups is 1. The first-order valence-electron chi connectivity index (χ1n) is 31.8. The first-order chi connectivity index (χ1) is 43.0. The van der Waals surface area contributed by atoms with E-state index in [2.05, 4.69) is 26.3 Å². The molecule has 12 amide bonds. The molecule has 1 rings (SSSR count). The van der Waals surface area contributed by atoms with Gasteiger partial charge in [0, 0.05) is 80.2 Å². The van der Waals surface area contributed by atoms with Crippen LogP contribution < -0.4 is 27.0 Å². The standard InChI is InChI=1S/C64H109N13O13S2/c1-19-21-27-43(9)57(83)56(58(84)70-46(20-2)61(87)73(14)39-54(82)71(12)37-49(65)78)77(18)64(90)55(42(7)8)76(17)63(89)48(35-41(5)6)75(16)62(88)47(34-40(3)4)74(15)60(86)45(11)69-51(80)36-68-52(81)38-72(13)59(85)44(10)28-22-24-31-66-50(79)29-26-33-91-92-53-30-23-25-32-67-53/h19,21,23,25,30,32,40-48,55-57,83H,20,22,24,26-29,31,33-39H2,1-18H3,(H2,65,78)(H,66,79)(H,68,81)(H,69,80)(H,70,84)/b21-19+/t43-,44?,45-,46+,47+,48+,55+,56+,57-/m1/s1. The number of unbranched alkanes of at least 4 members (excludes halogenated alkanes) is 1. The molecule has 0 fully saturated rings. The molecule has 9 atom stereocenters. The number of carbonyl (C=O) groups excluding carboxylic acids is 12. The molecule has 0 spiro atoms. The van der Waals surface area contributed by atoms with Gasteiger partial charge in [-0.3, -0.25) is 57.5 Å². The third kappa shape index (κ3) is 28.6. The molecule has 0 radical (unpaired) electrons. The molecule has 1 heterocycles. The molecule has 0 aliphatic carbocycles. The maximum Gasteiger partial charge on any atom is 0.246 e. The molecule has 1 aromatic rings. The van der Waals surface area contributed by atoms with E-state index in [1.807, 2.05) is 45.9 Å². The smallest absolute Gasteiger partial charge is 0.246 e. The zero-order chi connectivity index (χ0) is 70.3. The summed E-state index contributed by atoms with van der Waals surface area (Å²) in [5.41, 5.74) is 5.24. The van der Waals surface area contributed by atoms with Crippen molar-refractivity contribution in [3.8, 4) is 0 Å². The molecule has 0 aliphatic heterocycles. The topological polar surface area (TPSA) is 335 Å². The van der Waals surface area contributed by atoms with Gasteiger partial charge in [-0.15, -0.1) is 0 Å². The zero-order valence-corrected chi connectivity index (χ0v) is 59.4. The Labute approximate surface area is 554 Å². The second-order valence-electron chi connectivity index (χ2n) is 25.1. The predicted octanol–water partition coefficient (Wildman–Crippen LogP) is 2.92. The summed E-state index contributed by atoms with van der Waals surface area (Å²) in [4.78, 5) is 176. The van der Waals surface area contributed by atoms with E-state index in [1.165, 1.54) is 75.9 Å². The summed E-state index contributed by atoms with van der Waals surface area (Å²) >= 11 is 0. The number of nitrogens with two attached hydrogens (primary N) is 1. The number of carbonyl (C=O) groups is 12. The second-order valence-corrected chi connectivity index (χ2v) is 27.5. The van der Waals surface area contributed by atoms with Gasteiger partial charge in [-0.1, -0.05) is 97.7 Å². The third-order valence-corrected chi connectivity index (χ3v) is 18.0. The van der Waals surface area contributed by atoms with Gasteiger partial charge in [0.2, 0.25) is 70.9 Å². The Morgan fingerprint density at radius 2 is 1.21 bits per heavy atom. The van der Waals surface area contributed by atoms with E-state index in [4.69, 9.17) is 5.73 Å². The number of rotatable bonds is 42. The predicted molar refractivity (Wildman–Crippen MR) is 357 cm³/mol. The molecule has 92 heavy (non-hydrogen) atoms. The fourth-order valence-corrected chi connectivity index (χ4v) is 12.2. The number of pyridine rings is 1. The van der Waals surface area contributed by atoms with E-state index in [0.29, 0.717) is 38.6 Å². The molecule has 0 aliphatic rings. The molecule has 28 heteroatoms. The Bertz CT molecular complexity index is 2620. The molecule has 7 N–H and O–H groups in total. The van der Waals surface area contributed by atoms with Crippen molar-refractivity contribution in [2.45, 2.75) is 181 Å². The number of amides is 12. The van der Waals surface area contributed by atoms with Gasteiger partial charge in [0.15, 0.2) is 0 Å². The molecule has 1 unspecified atom stereocenters. The van der Waals surface area contributed by atoms with E-state index < -0.39 is 132 Å². The van der Waals surface area contributed by atoms with Gasteiger partial charge in [0.25, 0.3) is 0 Å². The summed E-state index contributed by atoms with van der Waals surface area (Å²) in [5.74, 6) is -8.17. The number of primary amides is 1. The van der Waals surface area contributed by atoms with Crippen molar-refractivity contribution in [2.75, 3.05) is 87.8 Å². The molecule has 0 aromatic carbocycles. The number of nitrogens with zero attached hydrogens (tertiary/aromatic N) is 8. The number of hydrogen-bond donors (Lipinski definition) is 6. The lowest BCUT2D eigenvalue weighted by Crippen LogP contribution is -2.63. The summed E-state index contributed by atoms with van der Waals surface area (Å²) in [6.45, 7) is 18.0. The number of likely N-dealkylation sites (N-methyl/N-ethyl adjacent to an activating group) is 7. The highest BCUT2D eigenvalue weighted by molar-refractivity contribution is 8.76. The molecule has 26 nitrogen and oxygen atoms in total. The van der Waals surface area contributed by atoms with Crippen LogP contribution in [-0.4, -0.2) is 245 Å². The molecular weight excluding hydrogens is 1220 g/mol. The molecule has 0 bridgehead atoms. The van der Waals surface area contributed by atoms with E-state index in [0.717, 1.165) is 31.9 Å². The highest BCUT2D eigenvalue weighted by Crippen LogP contribution is 2.30. The Hall–Kier alpha value is -6.81. The first kappa shape index (κ1) is 83.2. The van der Waals surface area contributed by atoms with Gasteiger partial charge in [0.05, 0.1) is 32.3 Å². The van der Waals surface area contributed by atoms with Crippen molar-refractivity contribution < 1.29 is 62.6 Å².